The lowest BCUT2D eigenvalue weighted by Gasteiger charge is -2.23. The summed E-state index contributed by atoms with van der Waals surface area (Å²) in [5.74, 6) is -0.907. The van der Waals surface area contributed by atoms with E-state index in [4.69, 9.17) is 9.47 Å². The standard InChI is InChI=1S/C23H21N3O5S/c1-12-5-7-14(8-6-12)20(27)18-19(15-9-10-16(30-3)17(11-15)31-4)26(22(29)21(18)28)23-25-24-13(2)32-23/h5-11,19,27H,1-4H3/b20-18-. The van der Waals surface area contributed by atoms with Gasteiger partial charge in [0, 0.05) is 5.56 Å². The van der Waals surface area contributed by atoms with Gasteiger partial charge in [-0.25, -0.2) is 0 Å². The van der Waals surface area contributed by atoms with Gasteiger partial charge in [-0.3, -0.25) is 14.5 Å². The zero-order valence-corrected chi connectivity index (χ0v) is 18.8. The van der Waals surface area contributed by atoms with E-state index >= 15 is 0 Å². The molecule has 164 valence electrons. The minimum Gasteiger partial charge on any atom is -0.507 e. The van der Waals surface area contributed by atoms with Crippen LogP contribution >= 0.6 is 11.3 Å². The molecule has 0 saturated carbocycles. The van der Waals surface area contributed by atoms with Crippen LogP contribution in [0.5, 0.6) is 11.5 Å². The van der Waals surface area contributed by atoms with Gasteiger partial charge in [0.1, 0.15) is 10.8 Å². The van der Waals surface area contributed by atoms with Crippen molar-refractivity contribution < 1.29 is 24.2 Å². The first-order chi connectivity index (χ1) is 15.3. The van der Waals surface area contributed by atoms with Crippen LogP contribution < -0.4 is 14.4 Å². The summed E-state index contributed by atoms with van der Waals surface area (Å²) in [6, 6.07) is 11.2. The summed E-state index contributed by atoms with van der Waals surface area (Å²) < 4.78 is 10.7. The van der Waals surface area contributed by atoms with E-state index in [9.17, 15) is 14.7 Å². The predicted octanol–water partition coefficient (Wildman–Crippen LogP) is 3.80. The molecule has 1 unspecified atom stereocenters. The molecule has 1 fully saturated rings. The van der Waals surface area contributed by atoms with Gasteiger partial charge in [0.25, 0.3) is 5.78 Å². The van der Waals surface area contributed by atoms with Crippen LogP contribution in [-0.2, 0) is 9.59 Å². The monoisotopic (exact) mass is 451 g/mol. The first-order valence-electron chi connectivity index (χ1n) is 9.75. The Bertz CT molecular complexity index is 1230. The van der Waals surface area contributed by atoms with E-state index in [0.717, 1.165) is 5.56 Å². The molecule has 0 aliphatic carbocycles. The van der Waals surface area contributed by atoms with Crippen molar-refractivity contribution in [3.63, 3.8) is 0 Å². The maximum Gasteiger partial charge on any atom is 0.301 e. The molecular weight excluding hydrogens is 430 g/mol. The Morgan fingerprint density at radius 3 is 2.28 bits per heavy atom. The summed E-state index contributed by atoms with van der Waals surface area (Å²) in [4.78, 5) is 27.5. The lowest BCUT2D eigenvalue weighted by Crippen LogP contribution is -2.29. The van der Waals surface area contributed by atoms with Gasteiger partial charge in [-0.2, -0.15) is 0 Å². The minimum atomic E-state index is -0.913. The highest BCUT2D eigenvalue weighted by Crippen LogP contribution is 2.44. The van der Waals surface area contributed by atoms with Crippen molar-refractivity contribution in [1.82, 2.24) is 10.2 Å². The summed E-state index contributed by atoms with van der Waals surface area (Å²) >= 11 is 1.19. The van der Waals surface area contributed by atoms with E-state index in [-0.39, 0.29) is 16.5 Å². The number of hydrogen-bond donors (Lipinski definition) is 1. The number of carbonyl (C=O) groups excluding carboxylic acids is 2. The third-order valence-electron chi connectivity index (χ3n) is 5.21. The molecular formula is C23H21N3O5S. The maximum atomic E-state index is 13.1. The van der Waals surface area contributed by atoms with Crippen LogP contribution in [0.2, 0.25) is 0 Å². The summed E-state index contributed by atoms with van der Waals surface area (Å²) in [6.45, 7) is 3.68. The average molecular weight is 452 g/mol. The van der Waals surface area contributed by atoms with Crippen molar-refractivity contribution in [3.8, 4) is 11.5 Å². The van der Waals surface area contributed by atoms with E-state index in [1.54, 1.807) is 37.3 Å². The van der Waals surface area contributed by atoms with E-state index in [1.807, 2.05) is 19.1 Å². The highest BCUT2D eigenvalue weighted by molar-refractivity contribution is 7.15. The molecule has 1 aliphatic heterocycles. The van der Waals surface area contributed by atoms with Crippen LogP contribution in [0.1, 0.15) is 27.7 Å². The number of aryl methyl sites for hydroxylation is 2. The van der Waals surface area contributed by atoms with Crippen molar-refractivity contribution in [1.29, 1.82) is 0 Å². The Morgan fingerprint density at radius 2 is 1.69 bits per heavy atom. The number of ether oxygens (including phenoxy) is 2. The number of carbonyl (C=O) groups is 2. The second-order valence-corrected chi connectivity index (χ2v) is 8.41. The first kappa shape index (κ1) is 21.5. The van der Waals surface area contributed by atoms with Gasteiger partial charge >= 0.3 is 5.91 Å². The summed E-state index contributed by atoms with van der Waals surface area (Å²) in [5, 5.41) is 20.1. The fourth-order valence-corrected chi connectivity index (χ4v) is 4.33. The van der Waals surface area contributed by atoms with Gasteiger partial charge in [-0.1, -0.05) is 47.2 Å². The van der Waals surface area contributed by atoms with E-state index in [2.05, 4.69) is 10.2 Å². The molecule has 0 bridgehead atoms. The zero-order valence-electron chi connectivity index (χ0n) is 17.9. The third-order valence-corrected chi connectivity index (χ3v) is 6.05. The summed E-state index contributed by atoms with van der Waals surface area (Å²) in [7, 11) is 3.02. The Hall–Kier alpha value is -3.72. The molecule has 32 heavy (non-hydrogen) atoms. The summed E-state index contributed by atoms with van der Waals surface area (Å²) in [5.41, 5.74) is 1.97. The Balaban J connectivity index is 1.95. The van der Waals surface area contributed by atoms with Crippen LogP contribution in [-0.4, -0.2) is 41.2 Å². The molecule has 3 aromatic rings. The van der Waals surface area contributed by atoms with E-state index < -0.39 is 17.7 Å². The SMILES string of the molecule is COc1ccc(C2/C(=C(/O)c3ccc(C)cc3)C(=O)C(=O)N2c2nnc(C)s2)cc1OC. The van der Waals surface area contributed by atoms with Crippen LogP contribution in [0, 0.1) is 13.8 Å². The number of ketones is 1. The Labute approximate surface area is 188 Å². The van der Waals surface area contributed by atoms with Crippen LogP contribution in [0.4, 0.5) is 5.13 Å². The van der Waals surface area contributed by atoms with Crippen LogP contribution in [0.25, 0.3) is 5.76 Å². The highest BCUT2D eigenvalue weighted by Gasteiger charge is 2.48. The third kappa shape index (κ3) is 3.60. The van der Waals surface area contributed by atoms with Gasteiger partial charge in [0.2, 0.25) is 5.13 Å². The fourth-order valence-electron chi connectivity index (χ4n) is 3.62. The Morgan fingerprint density at radius 1 is 1.00 bits per heavy atom. The molecule has 1 N–H and O–H groups in total. The van der Waals surface area contributed by atoms with Crippen molar-refractivity contribution in [3.05, 3.63) is 69.7 Å². The minimum absolute atomic E-state index is 0.0288. The van der Waals surface area contributed by atoms with E-state index in [1.165, 1.54) is 30.5 Å². The molecule has 9 heteroatoms. The van der Waals surface area contributed by atoms with Gasteiger partial charge in [0.15, 0.2) is 11.5 Å². The molecule has 1 atom stereocenters. The lowest BCUT2D eigenvalue weighted by molar-refractivity contribution is -0.132. The normalized spacial score (nSPS) is 17.6. The number of amides is 1. The number of aliphatic hydroxyl groups excluding tert-OH is 1. The summed E-state index contributed by atoms with van der Waals surface area (Å²) in [6.07, 6.45) is 0. The number of methoxy groups -OCH3 is 2. The molecule has 2 aromatic carbocycles. The molecule has 1 aliphatic rings. The molecule has 1 amide bonds. The molecule has 2 heterocycles. The van der Waals surface area contributed by atoms with Crippen LogP contribution in [0.3, 0.4) is 0 Å². The van der Waals surface area contributed by atoms with Crippen molar-refractivity contribution in [2.75, 3.05) is 19.1 Å². The number of benzene rings is 2. The second-order valence-electron chi connectivity index (χ2n) is 7.25. The number of nitrogens with zero attached hydrogens (tertiary/aromatic N) is 3. The molecule has 1 aromatic heterocycles. The van der Waals surface area contributed by atoms with Gasteiger partial charge in [-0.15, -0.1) is 10.2 Å². The number of Topliss-reactive ketones (excluding diaryl/α,β-unsaturated/α-hetero) is 1. The predicted molar refractivity (Wildman–Crippen MR) is 120 cm³/mol. The van der Waals surface area contributed by atoms with Gasteiger partial charge in [-0.05, 0) is 31.5 Å². The molecule has 0 radical (unpaired) electrons. The number of rotatable bonds is 5. The van der Waals surface area contributed by atoms with Crippen molar-refractivity contribution in [2.24, 2.45) is 0 Å². The van der Waals surface area contributed by atoms with Gasteiger partial charge < -0.3 is 14.6 Å². The maximum absolute atomic E-state index is 13.1. The second kappa shape index (κ2) is 8.43. The number of anilines is 1. The van der Waals surface area contributed by atoms with E-state index in [0.29, 0.717) is 27.6 Å². The molecule has 8 nitrogen and oxygen atoms in total. The Kier molecular flexibility index (Phi) is 5.67. The van der Waals surface area contributed by atoms with Crippen molar-refractivity contribution >= 4 is 33.9 Å². The number of aliphatic hydroxyl groups is 1. The molecule has 4 rings (SSSR count). The van der Waals surface area contributed by atoms with Crippen molar-refractivity contribution in [2.45, 2.75) is 19.9 Å². The smallest absolute Gasteiger partial charge is 0.301 e. The number of hydrogen-bond acceptors (Lipinski definition) is 8. The van der Waals surface area contributed by atoms with Gasteiger partial charge in [0.05, 0.1) is 25.8 Å². The zero-order chi connectivity index (χ0) is 23.0. The topological polar surface area (TPSA) is 102 Å². The fraction of sp³-hybridized carbons (Fsp3) is 0.217. The largest absolute Gasteiger partial charge is 0.507 e. The highest BCUT2D eigenvalue weighted by atomic mass is 32.1. The molecule has 1 saturated heterocycles. The lowest BCUT2D eigenvalue weighted by atomic mass is 9.95. The molecule has 0 spiro atoms. The first-order valence-corrected chi connectivity index (χ1v) is 10.6. The average Bonchev–Trinajstić information content (AvgIpc) is 3.34. The quantitative estimate of drug-likeness (QED) is 0.358. The number of aromatic nitrogens is 2. The van der Waals surface area contributed by atoms with Crippen LogP contribution in [0.15, 0.2) is 48.0 Å².